The van der Waals surface area contributed by atoms with E-state index in [1.54, 1.807) is 12.2 Å². The predicted molar refractivity (Wildman–Crippen MR) is 75.7 cm³/mol. The molecule has 0 heterocycles. The van der Waals surface area contributed by atoms with Gasteiger partial charge in [-0.25, -0.2) is 0 Å². The van der Waals surface area contributed by atoms with Crippen LogP contribution in [0.3, 0.4) is 0 Å². The Bertz CT molecular complexity index is 622. The smallest absolute Gasteiger partial charge is 0.269 e. The number of thiocarbonyl (C=S) groups is 1. The zero-order valence-electron chi connectivity index (χ0n) is 10.2. The standard InChI is InChI=1S/C13H10N2O4S/c16-12-10(2-1-3-11(12)20)14-13(17)8-4-6-9(7-5-8)15(18)19/h1-2,4-7,10H,3H2,(H,14,17). The molecular weight excluding hydrogens is 280 g/mol. The lowest BCUT2D eigenvalue weighted by Gasteiger charge is -2.17. The molecule has 1 unspecified atom stereocenters. The molecule has 0 fully saturated rings. The topological polar surface area (TPSA) is 89.3 Å². The van der Waals surface area contributed by atoms with Gasteiger partial charge in [0, 0.05) is 24.1 Å². The van der Waals surface area contributed by atoms with Crippen molar-refractivity contribution in [2.24, 2.45) is 0 Å². The normalized spacial score (nSPS) is 17.9. The third-order valence-corrected chi connectivity index (χ3v) is 3.18. The third-order valence-electron chi connectivity index (χ3n) is 2.82. The predicted octanol–water partition coefficient (Wildman–Crippen LogP) is 1.59. The van der Waals surface area contributed by atoms with Crippen molar-refractivity contribution in [3.8, 4) is 0 Å². The maximum absolute atomic E-state index is 11.9. The molecule has 0 saturated heterocycles. The highest BCUT2D eigenvalue weighted by Gasteiger charge is 2.24. The zero-order valence-corrected chi connectivity index (χ0v) is 11.1. The molecule has 7 heteroatoms. The molecule has 0 saturated carbocycles. The number of ketones is 1. The van der Waals surface area contributed by atoms with Gasteiger partial charge in [0.25, 0.3) is 11.6 Å². The fraction of sp³-hybridized carbons (Fsp3) is 0.154. The van der Waals surface area contributed by atoms with Crippen LogP contribution in [0.15, 0.2) is 36.4 Å². The summed E-state index contributed by atoms with van der Waals surface area (Å²) >= 11 is 4.89. The van der Waals surface area contributed by atoms with E-state index in [1.165, 1.54) is 24.3 Å². The van der Waals surface area contributed by atoms with Crippen LogP contribution in [-0.4, -0.2) is 27.5 Å². The molecule has 1 aromatic rings. The van der Waals surface area contributed by atoms with E-state index in [9.17, 15) is 19.7 Å². The van der Waals surface area contributed by atoms with E-state index < -0.39 is 16.9 Å². The van der Waals surface area contributed by atoms with E-state index in [1.807, 2.05) is 0 Å². The average Bonchev–Trinajstić information content (AvgIpc) is 2.44. The SMILES string of the molecule is O=C(NC1C=CCC(=S)C1=O)c1ccc([N+](=O)[O-])cc1. The van der Waals surface area contributed by atoms with E-state index in [4.69, 9.17) is 12.2 Å². The lowest BCUT2D eigenvalue weighted by atomic mass is 10.0. The Morgan fingerprint density at radius 1 is 1.35 bits per heavy atom. The van der Waals surface area contributed by atoms with Gasteiger partial charge in [-0.2, -0.15) is 0 Å². The van der Waals surface area contributed by atoms with Crippen LogP contribution >= 0.6 is 12.2 Å². The summed E-state index contributed by atoms with van der Waals surface area (Å²) in [6, 6.07) is 4.38. The van der Waals surface area contributed by atoms with E-state index in [2.05, 4.69) is 5.32 Å². The largest absolute Gasteiger partial charge is 0.338 e. The molecule has 0 radical (unpaired) electrons. The maximum Gasteiger partial charge on any atom is 0.269 e. The fourth-order valence-electron chi connectivity index (χ4n) is 1.75. The number of hydrogen-bond acceptors (Lipinski definition) is 5. The monoisotopic (exact) mass is 290 g/mol. The van der Waals surface area contributed by atoms with Crippen LogP contribution in [0.25, 0.3) is 0 Å². The van der Waals surface area contributed by atoms with Gasteiger partial charge in [0.2, 0.25) is 0 Å². The number of nitro benzene ring substituents is 1. The summed E-state index contributed by atoms with van der Waals surface area (Å²) in [5, 5.41) is 13.0. The summed E-state index contributed by atoms with van der Waals surface area (Å²) in [4.78, 5) is 33.9. The number of carbonyl (C=O) groups is 2. The molecule has 1 aliphatic carbocycles. The molecule has 1 amide bonds. The molecular formula is C13H10N2O4S. The first-order chi connectivity index (χ1) is 9.49. The number of allylic oxidation sites excluding steroid dienone is 1. The number of rotatable bonds is 3. The van der Waals surface area contributed by atoms with Crippen molar-refractivity contribution in [2.75, 3.05) is 0 Å². The van der Waals surface area contributed by atoms with E-state index in [-0.39, 0.29) is 21.9 Å². The Hall–Kier alpha value is -2.41. The van der Waals surface area contributed by atoms with Crippen molar-refractivity contribution in [3.63, 3.8) is 0 Å². The molecule has 1 aliphatic rings. The van der Waals surface area contributed by atoms with Crippen LogP contribution in [0.4, 0.5) is 5.69 Å². The highest BCUT2D eigenvalue weighted by molar-refractivity contribution is 7.82. The van der Waals surface area contributed by atoms with Gasteiger partial charge >= 0.3 is 0 Å². The van der Waals surface area contributed by atoms with Crippen LogP contribution in [0.2, 0.25) is 0 Å². The van der Waals surface area contributed by atoms with Crippen molar-refractivity contribution in [1.82, 2.24) is 5.32 Å². The molecule has 0 bridgehead atoms. The lowest BCUT2D eigenvalue weighted by Crippen LogP contribution is -2.43. The van der Waals surface area contributed by atoms with Crippen LogP contribution in [-0.2, 0) is 4.79 Å². The Morgan fingerprint density at radius 3 is 2.60 bits per heavy atom. The van der Waals surface area contributed by atoms with Crippen molar-refractivity contribution < 1.29 is 14.5 Å². The van der Waals surface area contributed by atoms with Gasteiger partial charge in [-0.15, -0.1) is 0 Å². The van der Waals surface area contributed by atoms with E-state index >= 15 is 0 Å². The molecule has 1 atom stereocenters. The van der Waals surface area contributed by atoms with Gasteiger partial charge in [0.15, 0.2) is 5.78 Å². The van der Waals surface area contributed by atoms with Crippen LogP contribution in [0.1, 0.15) is 16.8 Å². The number of nitrogens with one attached hydrogen (secondary N) is 1. The highest BCUT2D eigenvalue weighted by Crippen LogP contribution is 2.12. The molecule has 0 aliphatic heterocycles. The van der Waals surface area contributed by atoms with Gasteiger partial charge in [-0.1, -0.05) is 24.4 Å². The van der Waals surface area contributed by atoms with Crippen LogP contribution in [0, 0.1) is 10.1 Å². The van der Waals surface area contributed by atoms with Gasteiger partial charge in [-0.3, -0.25) is 19.7 Å². The van der Waals surface area contributed by atoms with Crippen molar-refractivity contribution in [3.05, 3.63) is 52.1 Å². The molecule has 0 spiro atoms. The second-order valence-corrected chi connectivity index (χ2v) is 4.67. The second-order valence-electron chi connectivity index (χ2n) is 4.17. The lowest BCUT2D eigenvalue weighted by molar-refractivity contribution is -0.384. The number of benzene rings is 1. The molecule has 6 nitrogen and oxygen atoms in total. The number of hydrogen-bond donors (Lipinski definition) is 1. The van der Waals surface area contributed by atoms with Gasteiger partial charge in [0.05, 0.1) is 9.79 Å². The van der Waals surface area contributed by atoms with Crippen molar-refractivity contribution in [1.29, 1.82) is 0 Å². The van der Waals surface area contributed by atoms with E-state index in [0.717, 1.165) is 0 Å². The van der Waals surface area contributed by atoms with Gasteiger partial charge in [0.1, 0.15) is 6.04 Å². The highest BCUT2D eigenvalue weighted by atomic mass is 32.1. The molecule has 1 aromatic carbocycles. The summed E-state index contributed by atoms with van der Waals surface area (Å²) in [5.41, 5.74) is 0.143. The van der Waals surface area contributed by atoms with Crippen LogP contribution < -0.4 is 5.32 Å². The summed E-state index contributed by atoms with van der Waals surface area (Å²) < 4.78 is 0. The first-order valence-corrected chi connectivity index (χ1v) is 6.19. The van der Waals surface area contributed by atoms with Crippen LogP contribution in [0.5, 0.6) is 0 Å². The number of nitrogens with zero attached hydrogens (tertiary/aromatic N) is 1. The van der Waals surface area contributed by atoms with E-state index in [0.29, 0.717) is 6.42 Å². The zero-order chi connectivity index (χ0) is 14.7. The second kappa shape index (κ2) is 5.70. The van der Waals surface area contributed by atoms with Crippen molar-refractivity contribution in [2.45, 2.75) is 12.5 Å². The summed E-state index contributed by atoms with van der Waals surface area (Å²) in [5.74, 6) is -0.773. The Labute approximate surface area is 119 Å². The Kier molecular flexibility index (Phi) is 3.99. The summed E-state index contributed by atoms with van der Waals surface area (Å²) in [6.45, 7) is 0. The number of Topliss-reactive ketones (excluding diaryl/α,β-unsaturated/α-hetero) is 1. The quantitative estimate of drug-likeness (QED) is 0.395. The fourth-order valence-corrected chi connectivity index (χ4v) is 1.97. The Morgan fingerprint density at radius 2 is 2.00 bits per heavy atom. The third kappa shape index (κ3) is 2.94. The number of nitro groups is 1. The number of non-ortho nitro benzene ring substituents is 1. The Balaban J connectivity index is 2.10. The number of carbonyl (C=O) groups excluding carboxylic acids is 2. The minimum Gasteiger partial charge on any atom is -0.338 e. The van der Waals surface area contributed by atoms with Gasteiger partial charge < -0.3 is 5.32 Å². The van der Waals surface area contributed by atoms with Gasteiger partial charge in [-0.05, 0) is 12.1 Å². The first-order valence-electron chi connectivity index (χ1n) is 5.78. The minimum atomic E-state index is -0.765. The molecule has 20 heavy (non-hydrogen) atoms. The molecule has 1 N–H and O–H groups in total. The molecule has 102 valence electrons. The summed E-state index contributed by atoms with van der Waals surface area (Å²) in [6.07, 6.45) is 3.73. The average molecular weight is 290 g/mol. The molecule has 0 aromatic heterocycles. The molecule has 2 rings (SSSR count). The van der Waals surface area contributed by atoms with Crippen molar-refractivity contribution >= 4 is 34.5 Å². The maximum atomic E-state index is 11.9. The minimum absolute atomic E-state index is 0.101. The number of amides is 1. The summed E-state index contributed by atoms with van der Waals surface area (Å²) in [7, 11) is 0. The first kappa shape index (κ1) is 14.0.